The fourth-order valence-electron chi connectivity index (χ4n) is 4.68. The SMILES string of the molecule is O=C1CC2(CCCCC2Cc2ccc(Cl)cc2)SCCN1Cc1cccnc1. The average molecular weight is 415 g/mol. The van der Waals surface area contributed by atoms with Gasteiger partial charge >= 0.3 is 0 Å². The first kappa shape index (κ1) is 19.8. The van der Waals surface area contributed by atoms with Gasteiger partial charge in [-0.1, -0.05) is 42.6 Å². The van der Waals surface area contributed by atoms with Gasteiger partial charge in [-0.05, 0) is 54.5 Å². The minimum absolute atomic E-state index is 0.0820. The van der Waals surface area contributed by atoms with E-state index in [0.29, 0.717) is 24.8 Å². The number of amides is 1. The van der Waals surface area contributed by atoms with Gasteiger partial charge in [0.25, 0.3) is 0 Å². The van der Waals surface area contributed by atoms with Crippen molar-refractivity contribution in [2.24, 2.45) is 5.92 Å². The van der Waals surface area contributed by atoms with E-state index < -0.39 is 0 Å². The van der Waals surface area contributed by atoms with Crippen LogP contribution >= 0.6 is 23.4 Å². The number of aromatic nitrogens is 1. The van der Waals surface area contributed by atoms with Gasteiger partial charge in [0.1, 0.15) is 0 Å². The molecular weight excluding hydrogens is 388 g/mol. The van der Waals surface area contributed by atoms with Crippen LogP contribution in [0.5, 0.6) is 0 Å². The van der Waals surface area contributed by atoms with Crippen molar-refractivity contribution in [1.29, 1.82) is 0 Å². The third kappa shape index (κ3) is 4.55. The minimum atomic E-state index is 0.0820. The third-order valence-corrected chi connectivity index (χ3v) is 8.09. The van der Waals surface area contributed by atoms with E-state index in [1.165, 1.54) is 24.8 Å². The van der Waals surface area contributed by atoms with Gasteiger partial charge in [-0.25, -0.2) is 0 Å². The molecule has 2 atom stereocenters. The predicted molar refractivity (Wildman–Crippen MR) is 117 cm³/mol. The minimum Gasteiger partial charge on any atom is -0.337 e. The number of hydrogen-bond acceptors (Lipinski definition) is 3. The van der Waals surface area contributed by atoms with Crippen LogP contribution in [0.15, 0.2) is 48.8 Å². The summed E-state index contributed by atoms with van der Waals surface area (Å²) in [6, 6.07) is 12.2. The van der Waals surface area contributed by atoms with Crippen LogP contribution in [0, 0.1) is 5.92 Å². The van der Waals surface area contributed by atoms with Crippen LogP contribution in [0.1, 0.15) is 43.2 Å². The molecule has 1 aromatic heterocycles. The highest BCUT2D eigenvalue weighted by atomic mass is 35.5. The number of halogens is 1. The molecule has 1 spiro atoms. The number of thioether (sulfide) groups is 1. The molecule has 5 heteroatoms. The predicted octanol–water partition coefficient (Wildman–Crippen LogP) is 5.37. The van der Waals surface area contributed by atoms with E-state index in [2.05, 4.69) is 34.9 Å². The smallest absolute Gasteiger partial charge is 0.224 e. The zero-order chi connectivity index (χ0) is 19.4. The summed E-state index contributed by atoms with van der Waals surface area (Å²) in [5, 5.41) is 0.784. The Kier molecular flexibility index (Phi) is 6.27. The number of pyridine rings is 1. The normalized spacial score (nSPS) is 25.7. The lowest BCUT2D eigenvalue weighted by molar-refractivity contribution is -0.132. The van der Waals surface area contributed by atoms with Crippen LogP contribution in [-0.4, -0.2) is 32.8 Å². The maximum absolute atomic E-state index is 13.2. The van der Waals surface area contributed by atoms with Gasteiger partial charge < -0.3 is 4.90 Å². The molecule has 2 aliphatic rings. The molecule has 1 aliphatic heterocycles. The summed E-state index contributed by atoms with van der Waals surface area (Å²) in [6.45, 7) is 1.50. The monoisotopic (exact) mass is 414 g/mol. The van der Waals surface area contributed by atoms with Crippen LogP contribution in [0.2, 0.25) is 5.02 Å². The molecule has 2 unspecified atom stereocenters. The molecule has 3 nitrogen and oxygen atoms in total. The highest BCUT2D eigenvalue weighted by molar-refractivity contribution is 8.00. The number of carbonyl (C=O) groups is 1. The van der Waals surface area contributed by atoms with Crippen molar-refractivity contribution in [2.75, 3.05) is 12.3 Å². The third-order valence-electron chi connectivity index (χ3n) is 6.19. The molecule has 0 bridgehead atoms. The van der Waals surface area contributed by atoms with Crippen LogP contribution < -0.4 is 0 Å². The highest BCUT2D eigenvalue weighted by Crippen LogP contribution is 2.49. The molecule has 4 rings (SSSR count). The maximum atomic E-state index is 13.2. The van der Waals surface area contributed by atoms with E-state index >= 15 is 0 Å². The van der Waals surface area contributed by atoms with Gasteiger partial charge in [0, 0.05) is 47.4 Å². The zero-order valence-electron chi connectivity index (χ0n) is 16.1. The first-order chi connectivity index (χ1) is 13.6. The van der Waals surface area contributed by atoms with E-state index in [1.54, 1.807) is 6.20 Å². The van der Waals surface area contributed by atoms with Crippen molar-refractivity contribution in [2.45, 2.75) is 49.8 Å². The van der Waals surface area contributed by atoms with Crippen molar-refractivity contribution >= 4 is 29.3 Å². The highest BCUT2D eigenvalue weighted by Gasteiger charge is 2.44. The Labute approximate surface area is 176 Å². The Morgan fingerprint density at radius 1 is 1.18 bits per heavy atom. The summed E-state index contributed by atoms with van der Waals surface area (Å²) in [5.41, 5.74) is 2.44. The fourth-order valence-corrected chi connectivity index (χ4v) is 6.48. The molecule has 2 aromatic rings. The molecule has 0 radical (unpaired) electrons. The summed E-state index contributed by atoms with van der Waals surface area (Å²) in [7, 11) is 0. The maximum Gasteiger partial charge on any atom is 0.224 e. The lowest BCUT2D eigenvalue weighted by Gasteiger charge is -2.43. The molecule has 1 amide bonds. The van der Waals surface area contributed by atoms with Crippen molar-refractivity contribution < 1.29 is 4.79 Å². The molecule has 0 N–H and O–H groups in total. The van der Waals surface area contributed by atoms with Crippen molar-refractivity contribution in [3.63, 3.8) is 0 Å². The molecule has 1 saturated carbocycles. The Morgan fingerprint density at radius 2 is 2.04 bits per heavy atom. The molecular formula is C23H27ClN2OS. The molecule has 2 fully saturated rings. The van der Waals surface area contributed by atoms with Crippen LogP contribution in [0.3, 0.4) is 0 Å². The summed E-state index contributed by atoms with van der Waals surface area (Å²) in [6.07, 6.45) is 10.2. The Balaban J connectivity index is 1.50. The van der Waals surface area contributed by atoms with Gasteiger partial charge in [-0.15, -0.1) is 0 Å². The quantitative estimate of drug-likeness (QED) is 0.674. The van der Waals surface area contributed by atoms with Gasteiger partial charge in [-0.3, -0.25) is 9.78 Å². The standard InChI is InChI=1S/C23H27ClN2OS/c24-21-8-6-18(7-9-21)14-20-5-1-2-10-23(20)15-22(27)26(12-13-28-23)17-19-4-3-11-25-16-19/h3-4,6-9,11,16,20H,1-2,5,10,12-15,17H2. The second-order valence-electron chi connectivity index (χ2n) is 8.04. The summed E-state index contributed by atoms with van der Waals surface area (Å²) in [4.78, 5) is 19.4. The van der Waals surface area contributed by atoms with Crippen molar-refractivity contribution in [3.8, 4) is 0 Å². The first-order valence-corrected chi connectivity index (χ1v) is 11.6. The Morgan fingerprint density at radius 3 is 2.82 bits per heavy atom. The van der Waals surface area contributed by atoms with Gasteiger partial charge in [0.05, 0.1) is 0 Å². The van der Waals surface area contributed by atoms with Crippen LogP contribution in [0.25, 0.3) is 0 Å². The largest absolute Gasteiger partial charge is 0.337 e. The second kappa shape index (κ2) is 8.87. The topological polar surface area (TPSA) is 33.2 Å². The molecule has 2 heterocycles. The average Bonchev–Trinajstić information content (AvgIpc) is 2.86. The number of hydrogen-bond donors (Lipinski definition) is 0. The number of benzene rings is 1. The van der Waals surface area contributed by atoms with Gasteiger partial charge in [0.2, 0.25) is 5.91 Å². The summed E-state index contributed by atoms with van der Waals surface area (Å²) < 4.78 is 0.0820. The Hall–Kier alpha value is -1.52. The van der Waals surface area contributed by atoms with E-state index in [0.717, 1.165) is 35.7 Å². The van der Waals surface area contributed by atoms with Crippen molar-refractivity contribution in [3.05, 3.63) is 64.9 Å². The second-order valence-corrected chi connectivity index (χ2v) is 9.99. The lowest BCUT2D eigenvalue weighted by atomic mass is 9.73. The van der Waals surface area contributed by atoms with Gasteiger partial charge in [0.15, 0.2) is 0 Å². The molecule has 1 aliphatic carbocycles. The summed E-state index contributed by atoms with van der Waals surface area (Å²) in [5.74, 6) is 1.87. The van der Waals surface area contributed by atoms with E-state index in [4.69, 9.17) is 11.6 Å². The number of rotatable bonds is 4. The fraction of sp³-hybridized carbons (Fsp3) is 0.478. The molecule has 28 heavy (non-hydrogen) atoms. The van der Waals surface area contributed by atoms with E-state index in [1.807, 2.05) is 29.3 Å². The van der Waals surface area contributed by atoms with E-state index in [9.17, 15) is 4.79 Å². The zero-order valence-corrected chi connectivity index (χ0v) is 17.7. The Bertz CT molecular complexity index is 798. The van der Waals surface area contributed by atoms with Crippen LogP contribution in [0.4, 0.5) is 0 Å². The van der Waals surface area contributed by atoms with Crippen molar-refractivity contribution in [1.82, 2.24) is 9.88 Å². The molecule has 1 aromatic carbocycles. The lowest BCUT2D eigenvalue weighted by Crippen LogP contribution is -2.42. The van der Waals surface area contributed by atoms with E-state index in [-0.39, 0.29) is 4.75 Å². The van der Waals surface area contributed by atoms with Crippen LogP contribution in [-0.2, 0) is 17.8 Å². The molecule has 148 valence electrons. The first-order valence-electron chi connectivity index (χ1n) is 10.2. The number of nitrogens with zero attached hydrogens (tertiary/aromatic N) is 2. The number of carbonyl (C=O) groups excluding carboxylic acids is 1. The summed E-state index contributed by atoms with van der Waals surface area (Å²) >= 11 is 8.11. The molecule has 1 saturated heterocycles. The van der Waals surface area contributed by atoms with Gasteiger partial charge in [-0.2, -0.15) is 11.8 Å².